The van der Waals surface area contributed by atoms with Crippen LogP contribution >= 0.6 is 0 Å². The van der Waals surface area contributed by atoms with Crippen molar-refractivity contribution in [3.8, 4) is 0 Å². The molecule has 5 aromatic rings. The summed E-state index contributed by atoms with van der Waals surface area (Å²) in [6, 6.07) is 12.2. The zero-order valence-electron chi connectivity index (χ0n) is 23.6. The first-order valence-corrected chi connectivity index (χ1v) is 16.0. The van der Waals surface area contributed by atoms with E-state index in [0.29, 0.717) is 48.7 Å². The first-order valence-electron chi connectivity index (χ1n) is 14.5. The normalized spacial score (nSPS) is 18.8. The molecule has 1 amide bonds. The molecule has 4 heterocycles. The largest absolute Gasteiger partial charge is 0.379 e. The summed E-state index contributed by atoms with van der Waals surface area (Å²) in [5.41, 5.74) is 1.84. The molecule has 2 fully saturated rings. The number of imidazole rings is 1. The Labute approximate surface area is 252 Å². The number of carbonyl (C=O) groups is 1. The number of benzene rings is 1. The fraction of sp³-hybridized carbons (Fsp3) is 0.300. The Hall–Kier alpha value is -4.69. The molecule has 0 spiro atoms. The zero-order chi connectivity index (χ0) is 30.3. The summed E-state index contributed by atoms with van der Waals surface area (Å²) in [7, 11) is -3.76. The number of halogens is 1. The number of rotatable bonds is 9. The lowest BCUT2D eigenvalue weighted by atomic mass is 9.92. The van der Waals surface area contributed by atoms with Crippen molar-refractivity contribution in [1.82, 2.24) is 29.3 Å². The first kappa shape index (κ1) is 28.1. The van der Waals surface area contributed by atoms with Crippen molar-refractivity contribution in [1.29, 1.82) is 0 Å². The molecule has 44 heavy (non-hydrogen) atoms. The number of sulfonamides is 1. The summed E-state index contributed by atoms with van der Waals surface area (Å²) in [6.45, 7) is 0. The number of hydrogen-bond donors (Lipinski definition) is 4. The fourth-order valence-electron chi connectivity index (χ4n) is 5.55. The van der Waals surface area contributed by atoms with Gasteiger partial charge in [0.1, 0.15) is 10.7 Å². The third-order valence-electron chi connectivity index (χ3n) is 7.94. The number of nitrogens with zero attached hydrogens (tertiary/aromatic N) is 5. The molecular weight excluding hydrogens is 585 g/mol. The van der Waals surface area contributed by atoms with Crippen LogP contribution in [0.5, 0.6) is 0 Å². The molecule has 4 aromatic heterocycles. The minimum Gasteiger partial charge on any atom is -0.379 e. The van der Waals surface area contributed by atoms with Gasteiger partial charge < -0.3 is 16.0 Å². The van der Waals surface area contributed by atoms with Crippen molar-refractivity contribution >= 4 is 49.7 Å². The lowest BCUT2D eigenvalue weighted by molar-refractivity contribution is 0.102. The number of nitrogens with one attached hydrogen (secondary N) is 4. The van der Waals surface area contributed by atoms with E-state index in [9.17, 15) is 17.6 Å². The number of anilines is 3. The summed E-state index contributed by atoms with van der Waals surface area (Å²) < 4.78 is 45.1. The highest BCUT2D eigenvalue weighted by Crippen LogP contribution is 2.30. The number of para-hydroxylation sites is 1. The number of pyridine rings is 2. The molecule has 14 heteroatoms. The van der Waals surface area contributed by atoms with Gasteiger partial charge in [-0.2, -0.15) is 0 Å². The van der Waals surface area contributed by atoms with E-state index >= 15 is 0 Å². The van der Waals surface area contributed by atoms with Gasteiger partial charge in [-0.3, -0.25) is 14.8 Å². The van der Waals surface area contributed by atoms with Gasteiger partial charge in [0.25, 0.3) is 5.91 Å². The second-order valence-electron chi connectivity index (χ2n) is 11.2. The van der Waals surface area contributed by atoms with E-state index in [-0.39, 0.29) is 28.4 Å². The molecule has 2 saturated carbocycles. The SMILES string of the molecule is O=C(Nc1ccncc1F)c1cnc2c(NC3CC3)cc(N[C@H]3CC[C@H](NS(=O)(=O)c4cccc5cccnc45)CC3)nn12. The van der Waals surface area contributed by atoms with Crippen LogP contribution in [-0.4, -0.2) is 57.0 Å². The van der Waals surface area contributed by atoms with Crippen molar-refractivity contribution in [2.24, 2.45) is 0 Å². The van der Waals surface area contributed by atoms with Gasteiger partial charge in [0, 0.05) is 42.0 Å². The quantitative estimate of drug-likeness (QED) is 0.190. The molecule has 4 N–H and O–H groups in total. The Balaban J connectivity index is 1.06. The van der Waals surface area contributed by atoms with Gasteiger partial charge in [-0.25, -0.2) is 27.0 Å². The summed E-state index contributed by atoms with van der Waals surface area (Å²) >= 11 is 0. The van der Waals surface area contributed by atoms with E-state index in [4.69, 9.17) is 0 Å². The maximum atomic E-state index is 14.1. The number of aromatic nitrogens is 5. The molecule has 0 atom stereocenters. The van der Waals surface area contributed by atoms with E-state index < -0.39 is 21.7 Å². The summed E-state index contributed by atoms with van der Waals surface area (Å²) in [5.74, 6) is -0.653. The van der Waals surface area contributed by atoms with E-state index in [0.717, 1.165) is 30.1 Å². The number of fused-ring (bicyclic) bond motifs is 2. The second-order valence-corrected chi connectivity index (χ2v) is 12.9. The van der Waals surface area contributed by atoms with Crippen LogP contribution in [0, 0.1) is 5.82 Å². The van der Waals surface area contributed by atoms with Crippen molar-refractivity contribution in [2.45, 2.75) is 61.5 Å². The highest BCUT2D eigenvalue weighted by atomic mass is 32.2. The monoisotopic (exact) mass is 615 g/mol. The predicted octanol–water partition coefficient (Wildman–Crippen LogP) is 4.34. The van der Waals surface area contributed by atoms with E-state index in [2.05, 4.69) is 40.7 Å². The van der Waals surface area contributed by atoms with Gasteiger partial charge >= 0.3 is 0 Å². The summed E-state index contributed by atoms with van der Waals surface area (Å²) in [6.07, 6.45) is 10.2. The Morgan fingerprint density at radius 1 is 0.864 bits per heavy atom. The van der Waals surface area contributed by atoms with Gasteiger partial charge in [-0.15, -0.1) is 5.10 Å². The fourth-order valence-corrected chi connectivity index (χ4v) is 7.04. The zero-order valence-corrected chi connectivity index (χ0v) is 24.4. The standard InChI is InChI=1S/C30H30FN9O3S/c31-22-16-32-14-12-23(22)37-30(41)25-17-34-29-24(35-19-6-7-19)15-27(38-40(25)29)36-20-8-10-21(11-9-20)39-44(42,43)26-5-1-3-18-4-2-13-33-28(18)26/h1-5,12-17,19-21,35,39H,6-11H2,(H,36,38)(H,32,37,41)/t20-,21-. The van der Waals surface area contributed by atoms with Crippen molar-refractivity contribution < 1.29 is 17.6 Å². The van der Waals surface area contributed by atoms with E-state index in [1.54, 1.807) is 24.4 Å². The highest BCUT2D eigenvalue weighted by molar-refractivity contribution is 7.89. The molecule has 12 nitrogen and oxygen atoms in total. The molecule has 0 unspecified atom stereocenters. The molecular formula is C30H30FN9O3S. The summed E-state index contributed by atoms with van der Waals surface area (Å²) in [4.78, 5) is 25.7. The maximum Gasteiger partial charge on any atom is 0.276 e. The Morgan fingerprint density at radius 2 is 1.61 bits per heavy atom. The van der Waals surface area contributed by atoms with Gasteiger partial charge in [0.15, 0.2) is 17.2 Å². The number of amides is 1. The van der Waals surface area contributed by atoms with E-state index in [1.165, 1.54) is 23.0 Å². The predicted molar refractivity (Wildman–Crippen MR) is 164 cm³/mol. The minimum atomic E-state index is -3.76. The van der Waals surface area contributed by atoms with Gasteiger partial charge in [0.05, 0.1) is 29.3 Å². The smallest absolute Gasteiger partial charge is 0.276 e. The van der Waals surface area contributed by atoms with Crippen LogP contribution in [0.3, 0.4) is 0 Å². The lowest BCUT2D eigenvalue weighted by Crippen LogP contribution is -2.40. The van der Waals surface area contributed by atoms with Crippen LogP contribution in [-0.2, 0) is 10.0 Å². The Kier molecular flexibility index (Phi) is 7.30. The summed E-state index contributed by atoms with van der Waals surface area (Å²) in [5, 5.41) is 14.9. The van der Waals surface area contributed by atoms with Crippen LogP contribution in [0.4, 0.5) is 21.6 Å². The third-order valence-corrected chi connectivity index (χ3v) is 9.50. The molecule has 0 bridgehead atoms. The number of carbonyl (C=O) groups excluding carboxylic acids is 1. The molecule has 0 radical (unpaired) electrons. The van der Waals surface area contributed by atoms with Crippen LogP contribution in [0.25, 0.3) is 16.6 Å². The van der Waals surface area contributed by atoms with Crippen molar-refractivity contribution in [3.05, 3.63) is 78.8 Å². The lowest BCUT2D eigenvalue weighted by Gasteiger charge is -2.30. The van der Waals surface area contributed by atoms with Crippen LogP contribution < -0.4 is 20.7 Å². The minimum absolute atomic E-state index is 0.00894. The van der Waals surface area contributed by atoms with Crippen LogP contribution in [0.2, 0.25) is 0 Å². The van der Waals surface area contributed by atoms with Gasteiger partial charge in [-0.05, 0) is 56.7 Å². The van der Waals surface area contributed by atoms with Gasteiger partial charge in [-0.1, -0.05) is 18.2 Å². The topological polar surface area (TPSA) is 155 Å². The average molecular weight is 616 g/mol. The molecule has 1 aromatic carbocycles. The van der Waals surface area contributed by atoms with Crippen molar-refractivity contribution in [3.63, 3.8) is 0 Å². The Bertz CT molecular complexity index is 1970. The molecule has 226 valence electrons. The van der Waals surface area contributed by atoms with Crippen LogP contribution in [0.1, 0.15) is 49.0 Å². The average Bonchev–Trinajstić information content (AvgIpc) is 3.73. The second kappa shape index (κ2) is 11.4. The van der Waals surface area contributed by atoms with Crippen molar-refractivity contribution in [2.75, 3.05) is 16.0 Å². The van der Waals surface area contributed by atoms with Crippen LogP contribution in [0.15, 0.2) is 72.1 Å². The molecule has 7 rings (SSSR count). The molecule has 0 aliphatic heterocycles. The Morgan fingerprint density at radius 3 is 2.41 bits per heavy atom. The van der Waals surface area contributed by atoms with E-state index in [1.807, 2.05) is 18.2 Å². The first-order chi connectivity index (χ1) is 21.3. The van der Waals surface area contributed by atoms with Gasteiger partial charge in [0.2, 0.25) is 10.0 Å². The highest BCUT2D eigenvalue weighted by Gasteiger charge is 2.29. The number of hydrogen-bond acceptors (Lipinski definition) is 9. The molecule has 2 aliphatic rings. The maximum absolute atomic E-state index is 14.1. The third kappa shape index (κ3) is 5.77. The molecule has 0 saturated heterocycles. The molecule has 2 aliphatic carbocycles.